The van der Waals surface area contributed by atoms with E-state index in [0.29, 0.717) is 16.8 Å². The number of rotatable bonds is 3. The maximum Gasteiger partial charge on any atom is 0.311 e. The number of amides is 1. The molecule has 0 aromatic heterocycles. The lowest BCUT2D eigenvalue weighted by Gasteiger charge is -2.37. The van der Waals surface area contributed by atoms with Gasteiger partial charge in [-0.25, -0.2) is 0 Å². The molecule has 3 aromatic rings. The summed E-state index contributed by atoms with van der Waals surface area (Å²) in [5, 5.41) is 11.6. The summed E-state index contributed by atoms with van der Waals surface area (Å²) in [6.07, 6.45) is 0. The smallest absolute Gasteiger partial charge is 0.311 e. The number of benzene rings is 3. The first kappa shape index (κ1) is 25.0. The molecule has 0 N–H and O–H groups in total. The van der Waals surface area contributed by atoms with Crippen LogP contribution >= 0.6 is 0 Å². The molecule has 0 saturated heterocycles. The van der Waals surface area contributed by atoms with Crippen molar-refractivity contribution in [2.24, 2.45) is 11.8 Å². The molecule has 1 aliphatic heterocycles. The largest absolute Gasteiger partial charge is 0.460 e. The Kier molecular flexibility index (Phi) is 5.34. The number of carbonyl (C=O) groups is 3. The zero-order chi connectivity index (χ0) is 27.9. The highest BCUT2D eigenvalue weighted by atomic mass is 16.6. The molecule has 39 heavy (non-hydrogen) atoms. The molecule has 1 heterocycles. The number of ether oxygens (including phenoxy) is 1. The van der Waals surface area contributed by atoms with Gasteiger partial charge in [0.2, 0.25) is 5.91 Å². The van der Waals surface area contributed by atoms with E-state index in [1.807, 2.05) is 54.6 Å². The molecular weight excluding hydrogens is 496 g/mol. The van der Waals surface area contributed by atoms with Crippen LogP contribution in [0.1, 0.15) is 59.7 Å². The molecule has 5 unspecified atom stereocenters. The number of esters is 1. The number of fused-ring (bicyclic) bond motifs is 5. The standard InChI is InChI=1S/C31H28N2O6/c1-30(2,3)39-28(35)26-23-19-15-14-18(33(37)38)16-20(19)27(34)24(23)25(17-10-6-5-7-11-17)31(26)21-12-8-9-13-22(21)32(4)29(31)36/h5-16,23-26H,1-4H3. The second-order valence-corrected chi connectivity index (χ2v) is 11.6. The number of para-hydroxylation sites is 1. The van der Waals surface area contributed by atoms with Crippen LogP contribution in [0.25, 0.3) is 0 Å². The van der Waals surface area contributed by atoms with Crippen molar-refractivity contribution in [1.82, 2.24) is 0 Å². The molecule has 0 radical (unpaired) electrons. The second-order valence-electron chi connectivity index (χ2n) is 11.6. The minimum absolute atomic E-state index is 0.191. The highest BCUT2D eigenvalue weighted by Gasteiger charge is 2.74. The highest BCUT2D eigenvalue weighted by molar-refractivity contribution is 6.15. The van der Waals surface area contributed by atoms with Crippen molar-refractivity contribution < 1.29 is 24.0 Å². The van der Waals surface area contributed by atoms with Crippen LogP contribution in [-0.2, 0) is 19.7 Å². The molecule has 1 spiro atoms. The molecule has 3 aliphatic rings. The number of Topliss-reactive ketones (excluding diaryl/α,β-unsaturated/α-hetero) is 1. The van der Waals surface area contributed by atoms with Gasteiger partial charge in [0.1, 0.15) is 5.60 Å². The Morgan fingerprint density at radius 1 is 0.974 bits per heavy atom. The van der Waals surface area contributed by atoms with Crippen molar-refractivity contribution in [2.75, 3.05) is 11.9 Å². The van der Waals surface area contributed by atoms with E-state index in [9.17, 15) is 24.5 Å². The first-order valence-electron chi connectivity index (χ1n) is 13.0. The Bertz CT molecular complexity index is 1560. The van der Waals surface area contributed by atoms with E-state index >= 15 is 0 Å². The van der Waals surface area contributed by atoms with E-state index < -0.39 is 45.6 Å². The number of likely N-dealkylation sites (N-methyl/N-ethyl adjacent to an activating group) is 1. The van der Waals surface area contributed by atoms with Gasteiger partial charge in [-0.05, 0) is 43.5 Å². The molecule has 8 heteroatoms. The fourth-order valence-electron chi connectivity index (χ4n) is 7.25. The third-order valence-corrected chi connectivity index (χ3v) is 8.45. The molecule has 2 aliphatic carbocycles. The third kappa shape index (κ3) is 3.33. The molecule has 6 rings (SSSR count). The molecule has 5 atom stereocenters. The van der Waals surface area contributed by atoms with Gasteiger partial charge in [0.05, 0.1) is 16.3 Å². The first-order valence-corrected chi connectivity index (χ1v) is 13.0. The summed E-state index contributed by atoms with van der Waals surface area (Å²) in [5.41, 5.74) is 0.476. The van der Waals surface area contributed by atoms with E-state index in [4.69, 9.17) is 4.74 Å². The van der Waals surface area contributed by atoms with Gasteiger partial charge in [-0.2, -0.15) is 0 Å². The second kappa shape index (κ2) is 8.33. The van der Waals surface area contributed by atoms with E-state index in [1.165, 1.54) is 12.1 Å². The minimum Gasteiger partial charge on any atom is -0.460 e. The number of non-ortho nitro benzene ring substituents is 1. The molecule has 1 saturated carbocycles. The maximum atomic E-state index is 14.6. The van der Waals surface area contributed by atoms with Crippen molar-refractivity contribution in [3.63, 3.8) is 0 Å². The van der Waals surface area contributed by atoms with Crippen LogP contribution in [0, 0.1) is 22.0 Å². The molecule has 3 aromatic carbocycles. The van der Waals surface area contributed by atoms with Crippen molar-refractivity contribution in [3.8, 4) is 0 Å². The quantitative estimate of drug-likeness (QED) is 0.266. The van der Waals surface area contributed by atoms with E-state index in [2.05, 4.69) is 0 Å². The van der Waals surface area contributed by atoms with Gasteiger partial charge in [0.15, 0.2) is 5.78 Å². The van der Waals surface area contributed by atoms with E-state index in [-0.39, 0.29) is 22.9 Å². The Morgan fingerprint density at radius 2 is 1.64 bits per heavy atom. The van der Waals surface area contributed by atoms with Crippen LogP contribution in [0.4, 0.5) is 11.4 Å². The van der Waals surface area contributed by atoms with Crippen molar-refractivity contribution in [1.29, 1.82) is 0 Å². The van der Waals surface area contributed by atoms with Gasteiger partial charge in [-0.1, -0.05) is 54.6 Å². The fraction of sp³-hybridized carbons (Fsp3) is 0.323. The number of nitrogens with zero attached hydrogens (tertiary/aromatic N) is 2. The van der Waals surface area contributed by atoms with Gasteiger partial charge in [0, 0.05) is 48.2 Å². The van der Waals surface area contributed by atoms with Gasteiger partial charge in [0.25, 0.3) is 5.69 Å². The summed E-state index contributed by atoms with van der Waals surface area (Å²) in [4.78, 5) is 55.7. The zero-order valence-corrected chi connectivity index (χ0v) is 22.1. The highest BCUT2D eigenvalue weighted by Crippen LogP contribution is 2.70. The van der Waals surface area contributed by atoms with Gasteiger partial charge >= 0.3 is 5.97 Å². The maximum absolute atomic E-state index is 14.6. The monoisotopic (exact) mass is 524 g/mol. The van der Waals surface area contributed by atoms with Crippen molar-refractivity contribution in [3.05, 3.63) is 105 Å². The predicted octanol–water partition coefficient (Wildman–Crippen LogP) is 5.16. The first-order chi connectivity index (χ1) is 18.5. The summed E-state index contributed by atoms with van der Waals surface area (Å²) in [7, 11) is 1.69. The molecule has 1 amide bonds. The third-order valence-electron chi connectivity index (χ3n) is 8.45. The average Bonchev–Trinajstić information content (AvgIpc) is 3.44. The number of anilines is 1. The molecule has 198 valence electrons. The number of nitro groups is 1. The molecular formula is C31H28N2O6. The Hall–Kier alpha value is -4.33. The van der Waals surface area contributed by atoms with Crippen LogP contribution in [0.15, 0.2) is 72.8 Å². The number of hydrogen-bond donors (Lipinski definition) is 0. The Morgan fingerprint density at radius 3 is 2.31 bits per heavy atom. The fourth-order valence-corrected chi connectivity index (χ4v) is 7.25. The van der Waals surface area contributed by atoms with Gasteiger partial charge < -0.3 is 9.64 Å². The van der Waals surface area contributed by atoms with Gasteiger partial charge in [-0.3, -0.25) is 24.5 Å². The lowest BCUT2D eigenvalue weighted by Crippen LogP contribution is -2.50. The summed E-state index contributed by atoms with van der Waals surface area (Å²) >= 11 is 0. The lowest BCUT2D eigenvalue weighted by atomic mass is 9.63. The van der Waals surface area contributed by atoms with Crippen LogP contribution in [0.5, 0.6) is 0 Å². The molecule has 8 nitrogen and oxygen atoms in total. The van der Waals surface area contributed by atoms with Gasteiger partial charge in [-0.15, -0.1) is 0 Å². The number of ketones is 1. The Balaban J connectivity index is 1.70. The lowest BCUT2D eigenvalue weighted by molar-refractivity contribution is -0.384. The van der Waals surface area contributed by atoms with Crippen LogP contribution in [0.2, 0.25) is 0 Å². The topological polar surface area (TPSA) is 107 Å². The van der Waals surface area contributed by atoms with Crippen molar-refractivity contribution in [2.45, 2.75) is 43.6 Å². The SMILES string of the molecule is CN1C(=O)C2(c3ccccc31)C(C(=O)OC(C)(C)C)C1c3ccc([N+](=O)[O-])cc3C(=O)C1C2c1ccccc1. The average molecular weight is 525 g/mol. The van der Waals surface area contributed by atoms with E-state index in [1.54, 1.807) is 38.8 Å². The minimum atomic E-state index is -1.40. The summed E-state index contributed by atoms with van der Waals surface area (Å²) in [5.74, 6) is -4.33. The normalized spacial score (nSPS) is 26.9. The molecule has 0 bridgehead atoms. The number of carbonyl (C=O) groups excluding carboxylic acids is 3. The van der Waals surface area contributed by atoms with Crippen molar-refractivity contribution >= 4 is 29.0 Å². The predicted molar refractivity (Wildman–Crippen MR) is 144 cm³/mol. The van der Waals surface area contributed by atoms with Crippen LogP contribution in [0.3, 0.4) is 0 Å². The Labute approximate surface area is 225 Å². The van der Waals surface area contributed by atoms with Crippen LogP contribution < -0.4 is 4.90 Å². The zero-order valence-electron chi connectivity index (χ0n) is 22.1. The van der Waals surface area contributed by atoms with Crippen LogP contribution in [-0.4, -0.2) is 35.2 Å². The molecule has 1 fully saturated rings. The number of nitro benzene ring substituents is 1. The number of hydrogen-bond acceptors (Lipinski definition) is 6. The summed E-state index contributed by atoms with van der Waals surface area (Å²) in [6.45, 7) is 5.31. The van der Waals surface area contributed by atoms with E-state index in [0.717, 1.165) is 5.56 Å². The summed E-state index contributed by atoms with van der Waals surface area (Å²) in [6, 6.07) is 21.0. The summed E-state index contributed by atoms with van der Waals surface area (Å²) < 4.78 is 5.98.